The third-order valence-electron chi connectivity index (χ3n) is 2.02. The third kappa shape index (κ3) is 2.72. The summed E-state index contributed by atoms with van der Waals surface area (Å²) in [5.74, 6) is -1.21. The molecule has 0 saturated carbocycles. The van der Waals surface area contributed by atoms with Gasteiger partial charge < -0.3 is 0 Å². The van der Waals surface area contributed by atoms with E-state index in [0.29, 0.717) is 0 Å². The van der Waals surface area contributed by atoms with E-state index in [1.807, 2.05) is 0 Å². The van der Waals surface area contributed by atoms with Gasteiger partial charge in [-0.15, -0.1) is 0 Å². The lowest BCUT2D eigenvalue weighted by Crippen LogP contribution is -2.23. The Kier molecular flexibility index (Phi) is 3.20. The fourth-order valence-electron chi connectivity index (χ4n) is 1.20. The molecule has 0 N–H and O–H groups in total. The maximum absolute atomic E-state index is 11.6. The van der Waals surface area contributed by atoms with E-state index in [-0.39, 0.29) is 11.1 Å². The van der Waals surface area contributed by atoms with Crippen molar-refractivity contribution in [2.45, 2.75) is 0 Å². The number of hydrogen-bond acceptors (Lipinski definition) is 4. The average Bonchev–Trinajstić information content (AvgIpc) is 2.40. The van der Waals surface area contributed by atoms with Crippen LogP contribution in [0.4, 0.5) is 0 Å². The normalized spacial score (nSPS) is 9.65. The summed E-state index contributed by atoms with van der Waals surface area (Å²) < 4.78 is 0. The zero-order valence-corrected chi connectivity index (χ0v) is 8.78. The molecule has 0 fully saturated rings. The number of carbonyl (C=O) groups excluding carboxylic acids is 2. The Balaban J connectivity index is 2.08. The molecule has 2 aromatic heterocycles. The van der Waals surface area contributed by atoms with Gasteiger partial charge in [-0.2, -0.15) is 5.32 Å². The highest BCUT2D eigenvalue weighted by molar-refractivity contribution is 6.09. The fourth-order valence-corrected chi connectivity index (χ4v) is 1.20. The summed E-state index contributed by atoms with van der Waals surface area (Å²) in [6.07, 6.45) is 5.81. The molecule has 1 radical (unpaired) electrons. The van der Waals surface area contributed by atoms with Crippen molar-refractivity contribution < 1.29 is 9.59 Å². The summed E-state index contributed by atoms with van der Waals surface area (Å²) in [6.45, 7) is 0. The van der Waals surface area contributed by atoms with Gasteiger partial charge in [0.1, 0.15) is 0 Å². The molecule has 0 aromatic carbocycles. The number of amides is 2. The number of imide groups is 1. The molecule has 2 rings (SSSR count). The number of pyridine rings is 2. The molecule has 5 nitrogen and oxygen atoms in total. The van der Waals surface area contributed by atoms with Crippen molar-refractivity contribution in [3.63, 3.8) is 0 Å². The van der Waals surface area contributed by atoms with E-state index in [0.717, 1.165) is 0 Å². The molecule has 2 heterocycles. The molecule has 0 aliphatic heterocycles. The lowest BCUT2D eigenvalue weighted by molar-refractivity contribution is 0.0842. The minimum Gasteiger partial charge on any atom is -0.267 e. The summed E-state index contributed by atoms with van der Waals surface area (Å²) in [7, 11) is 0. The lowest BCUT2D eigenvalue weighted by atomic mass is 10.2. The Morgan fingerprint density at radius 2 is 1.35 bits per heavy atom. The standard InChI is InChI=1S/C12H8N3O2/c16-11(9-3-1-5-13-7-9)15-12(17)10-4-2-6-14-8-10/h1-8H. The Morgan fingerprint density at radius 3 is 1.71 bits per heavy atom. The van der Waals surface area contributed by atoms with Crippen LogP contribution in [0.2, 0.25) is 0 Å². The van der Waals surface area contributed by atoms with Gasteiger partial charge in [0, 0.05) is 24.8 Å². The summed E-state index contributed by atoms with van der Waals surface area (Å²) in [4.78, 5) is 30.7. The predicted octanol–water partition coefficient (Wildman–Crippen LogP) is 1.06. The van der Waals surface area contributed by atoms with Gasteiger partial charge >= 0.3 is 0 Å². The molecule has 5 heteroatoms. The number of nitrogens with zero attached hydrogens (tertiary/aromatic N) is 3. The second kappa shape index (κ2) is 4.98. The van der Waals surface area contributed by atoms with Crippen molar-refractivity contribution in [1.82, 2.24) is 15.3 Å². The molecule has 83 valence electrons. The monoisotopic (exact) mass is 226 g/mol. The first-order valence-corrected chi connectivity index (χ1v) is 4.88. The Bertz CT molecular complexity index is 476. The molecule has 0 aliphatic carbocycles. The highest BCUT2D eigenvalue weighted by atomic mass is 16.2. The van der Waals surface area contributed by atoms with Gasteiger partial charge in [-0.25, -0.2) is 0 Å². The van der Waals surface area contributed by atoms with Crippen LogP contribution in [0.3, 0.4) is 0 Å². The first-order chi connectivity index (χ1) is 8.27. The molecule has 0 saturated heterocycles. The van der Waals surface area contributed by atoms with Crippen LogP contribution in [0.1, 0.15) is 20.7 Å². The molecule has 2 amide bonds. The van der Waals surface area contributed by atoms with E-state index < -0.39 is 11.8 Å². The zero-order chi connectivity index (χ0) is 12.1. The molecule has 0 spiro atoms. The second-order valence-electron chi connectivity index (χ2n) is 3.21. The average molecular weight is 226 g/mol. The predicted molar refractivity (Wildman–Crippen MR) is 59.3 cm³/mol. The van der Waals surface area contributed by atoms with Crippen molar-refractivity contribution in [2.24, 2.45) is 0 Å². The van der Waals surface area contributed by atoms with E-state index in [9.17, 15) is 9.59 Å². The first kappa shape index (κ1) is 10.9. The largest absolute Gasteiger partial charge is 0.281 e. The van der Waals surface area contributed by atoms with Crippen LogP contribution in [0.25, 0.3) is 0 Å². The van der Waals surface area contributed by atoms with Crippen LogP contribution in [0.5, 0.6) is 0 Å². The number of rotatable bonds is 2. The van der Waals surface area contributed by atoms with Crippen molar-refractivity contribution in [2.75, 3.05) is 0 Å². The fraction of sp³-hybridized carbons (Fsp3) is 0. The molecule has 2 aromatic rings. The van der Waals surface area contributed by atoms with Gasteiger partial charge in [0.15, 0.2) is 0 Å². The summed E-state index contributed by atoms with van der Waals surface area (Å²) in [5, 5.41) is 3.46. The summed E-state index contributed by atoms with van der Waals surface area (Å²) in [5.41, 5.74) is 0.564. The van der Waals surface area contributed by atoms with E-state index in [1.165, 1.54) is 12.4 Å². The Labute approximate surface area is 97.5 Å². The SMILES string of the molecule is O=C([N]C(=O)c1cccnc1)c1cccnc1. The molecule has 0 atom stereocenters. The Hall–Kier alpha value is -2.56. The quantitative estimate of drug-likeness (QED) is 0.717. The van der Waals surface area contributed by atoms with Crippen LogP contribution < -0.4 is 5.32 Å². The number of hydrogen-bond donors (Lipinski definition) is 0. The molecular formula is C12H8N3O2. The van der Waals surface area contributed by atoms with Crippen molar-refractivity contribution in [3.05, 3.63) is 60.2 Å². The van der Waals surface area contributed by atoms with Crippen molar-refractivity contribution >= 4 is 11.8 Å². The van der Waals surface area contributed by atoms with E-state index in [1.54, 1.807) is 36.7 Å². The summed E-state index contributed by atoms with van der Waals surface area (Å²) in [6, 6.07) is 6.32. The maximum atomic E-state index is 11.6. The van der Waals surface area contributed by atoms with Gasteiger partial charge in [0.2, 0.25) is 0 Å². The van der Waals surface area contributed by atoms with E-state index in [4.69, 9.17) is 0 Å². The molecule has 17 heavy (non-hydrogen) atoms. The van der Waals surface area contributed by atoms with Gasteiger partial charge in [-0.3, -0.25) is 19.6 Å². The van der Waals surface area contributed by atoms with Gasteiger partial charge in [-0.05, 0) is 24.3 Å². The highest BCUT2D eigenvalue weighted by Gasteiger charge is 2.14. The molecule has 0 bridgehead atoms. The van der Waals surface area contributed by atoms with Crippen LogP contribution in [0, 0.1) is 0 Å². The zero-order valence-electron chi connectivity index (χ0n) is 8.78. The summed E-state index contributed by atoms with van der Waals surface area (Å²) >= 11 is 0. The van der Waals surface area contributed by atoms with E-state index >= 15 is 0 Å². The number of aromatic nitrogens is 2. The third-order valence-corrected chi connectivity index (χ3v) is 2.02. The number of carbonyl (C=O) groups is 2. The highest BCUT2D eigenvalue weighted by Crippen LogP contribution is 2.00. The minimum absolute atomic E-state index is 0.282. The van der Waals surface area contributed by atoms with Crippen LogP contribution in [-0.4, -0.2) is 21.8 Å². The molecule has 0 unspecified atom stereocenters. The van der Waals surface area contributed by atoms with E-state index in [2.05, 4.69) is 15.3 Å². The molecular weight excluding hydrogens is 218 g/mol. The van der Waals surface area contributed by atoms with Gasteiger partial charge in [0.25, 0.3) is 11.8 Å². The Morgan fingerprint density at radius 1 is 0.882 bits per heavy atom. The van der Waals surface area contributed by atoms with Crippen LogP contribution >= 0.6 is 0 Å². The second-order valence-corrected chi connectivity index (χ2v) is 3.21. The van der Waals surface area contributed by atoms with Crippen LogP contribution in [-0.2, 0) is 0 Å². The molecule has 0 aliphatic rings. The lowest BCUT2D eigenvalue weighted by Gasteiger charge is -1.99. The van der Waals surface area contributed by atoms with Crippen LogP contribution in [0.15, 0.2) is 49.1 Å². The minimum atomic E-state index is -0.605. The smallest absolute Gasteiger partial charge is 0.267 e. The first-order valence-electron chi connectivity index (χ1n) is 4.88. The van der Waals surface area contributed by atoms with Gasteiger partial charge in [0.05, 0.1) is 11.1 Å². The van der Waals surface area contributed by atoms with Crippen molar-refractivity contribution in [3.8, 4) is 0 Å². The maximum Gasteiger partial charge on any atom is 0.281 e. The topological polar surface area (TPSA) is 74.0 Å². The van der Waals surface area contributed by atoms with Gasteiger partial charge in [-0.1, -0.05) is 0 Å². The van der Waals surface area contributed by atoms with Crippen molar-refractivity contribution in [1.29, 1.82) is 0 Å².